The molecular weight excluding hydrogens is 289 g/mol. The Bertz CT molecular complexity index is 616. The van der Waals surface area contributed by atoms with Crippen LogP contribution < -0.4 is 10.1 Å². The number of benzene rings is 2. The van der Waals surface area contributed by atoms with Crippen LogP contribution in [0, 0.1) is 12.7 Å². The highest BCUT2D eigenvalue weighted by Gasteiger charge is 2.12. The molecule has 2 aromatic rings. The standard InChI is InChI=1S/C17H19ClFNO/c1-3-9-20-11-13-5-4-6-15(19)17(13)21-16-8-7-12(2)10-14(16)18/h4-8,10,20H,3,9,11H2,1-2H3. The van der Waals surface area contributed by atoms with Crippen molar-refractivity contribution in [2.24, 2.45) is 0 Å². The first-order chi connectivity index (χ1) is 10.1. The van der Waals surface area contributed by atoms with Crippen LogP contribution in [-0.2, 0) is 6.54 Å². The van der Waals surface area contributed by atoms with Gasteiger partial charge in [-0.1, -0.05) is 36.7 Å². The zero-order valence-electron chi connectivity index (χ0n) is 12.2. The molecule has 0 aromatic heterocycles. The summed E-state index contributed by atoms with van der Waals surface area (Å²) in [6.07, 6.45) is 1.02. The molecule has 2 nitrogen and oxygen atoms in total. The third-order valence-electron chi connectivity index (χ3n) is 3.09. The molecule has 0 aliphatic heterocycles. The van der Waals surface area contributed by atoms with Crippen molar-refractivity contribution >= 4 is 11.6 Å². The molecule has 21 heavy (non-hydrogen) atoms. The van der Waals surface area contributed by atoms with Crippen LogP contribution in [0.5, 0.6) is 11.5 Å². The summed E-state index contributed by atoms with van der Waals surface area (Å²) < 4.78 is 19.8. The Balaban J connectivity index is 2.25. The van der Waals surface area contributed by atoms with E-state index in [1.165, 1.54) is 6.07 Å². The highest BCUT2D eigenvalue weighted by atomic mass is 35.5. The van der Waals surface area contributed by atoms with Gasteiger partial charge in [0.25, 0.3) is 0 Å². The van der Waals surface area contributed by atoms with Gasteiger partial charge in [0.2, 0.25) is 0 Å². The minimum atomic E-state index is -0.387. The second kappa shape index (κ2) is 7.43. The van der Waals surface area contributed by atoms with Crippen molar-refractivity contribution < 1.29 is 9.13 Å². The van der Waals surface area contributed by atoms with E-state index in [9.17, 15) is 4.39 Å². The Hall–Kier alpha value is -1.58. The Kier molecular flexibility index (Phi) is 5.59. The summed E-state index contributed by atoms with van der Waals surface area (Å²) in [5.74, 6) is 0.304. The van der Waals surface area contributed by atoms with Crippen molar-refractivity contribution in [2.75, 3.05) is 6.54 Å². The normalized spacial score (nSPS) is 10.7. The average molecular weight is 308 g/mol. The van der Waals surface area contributed by atoms with E-state index in [4.69, 9.17) is 16.3 Å². The van der Waals surface area contributed by atoms with Crippen LogP contribution in [0.15, 0.2) is 36.4 Å². The van der Waals surface area contributed by atoms with Gasteiger partial charge in [0.1, 0.15) is 5.75 Å². The minimum Gasteiger partial charge on any atom is -0.452 e. The van der Waals surface area contributed by atoms with Gasteiger partial charge < -0.3 is 10.1 Å². The number of nitrogens with one attached hydrogen (secondary N) is 1. The molecule has 2 rings (SSSR count). The number of halogens is 2. The number of hydrogen-bond donors (Lipinski definition) is 1. The predicted octanol–water partition coefficient (Wildman–Crippen LogP) is 5.08. The molecule has 112 valence electrons. The summed E-state index contributed by atoms with van der Waals surface area (Å²) >= 11 is 6.15. The summed E-state index contributed by atoms with van der Waals surface area (Å²) in [5.41, 5.74) is 1.81. The molecule has 4 heteroatoms. The van der Waals surface area contributed by atoms with Crippen LogP contribution in [0.1, 0.15) is 24.5 Å². The van der Waals surface area contributed by atoms with Crippen molar-refractivity contribution in [3.05, 3.63) is 58.4 Å². The molecule has 0 radical (unpaired) electrons. The second-order valence-electron chi connectivity index (χ2n) is 4.94. The number of ether oxygens (including phenoxy) is 1. The molecule has 0 atom stereocenters. The molecule has 0 heterocycles. The van der Waals surface area contributed by atoms with E-state index in [0.717, 1.165) is 24.1 Å². The predicted molar refractivity (Wildman–Crippen MR) is 84.7 cm³/mol. The summed E-state index contributed by atoms with van der Waals surface area (Å²) in [7, 11) is 0. The van der Waals surface area contributed by atoms with Crippen molar-refractivity contribution in [3.63, 3.8) is 0 Å². The third kappa shape index (κ3) is 4.19. The van der Waals surface area contributed by atoms with Crippen molar-refractivity contribution in [3.8, 4) is 11.5 Å². The van der Waals surface area contributed by atoms with Gasteiger partial charge in [0.15, 0.2) is 11.6 Å². The largest absolute Gasteiger partial charge is 0.452 e. The minimum absolute atomic E-state index is 0.229. The van der Waals surface area contributed by atoms with E-state index >= 15 is 0 Å². The van der Waals surface area contributed by atoms with E-state index in [2.05, 4.69) is 12.2 Å². The fourth-order valence-corrected chi connectivity index (χ4v) is 2.28. The number of hydrogen-bond acceptors (Lipinski definition) is 2. The first-order valence-electron chi connectivity index (χ1n) is 7.04. The first-order valence-corrected chi connectivity index (χ1v) is 7.41. The lowest BCUT2D eigenvalue weighted by Gasteiger charge is -2.14. The van der Waals surface area contributed by atoms with Gasteiger partial charge in [-0.15, -0.1) is 0 Å². The molecule has 0 saturated carbocycles. The van der Waals surface area contributed by atoms with E-state index in [-0.39, 0.29) is 11.6 Å². The highest BCUT2D eigenvalue weighted by molar-refractivity contribution is 6.32. The fraction of sp³-hybridized carbons (Fsp3) is 0.294. The molecule has 0 amide bonds. The van der Waals surface area contributed by atoms with Crippen molar-refractivity contribution in [1.82, 2.24) is 5.32 Å². The zero-order valence-corrected chi connectivity index (χ0v) is 13.0. The van der Waals surface area contributed by atoms with Gasteiger partial charge >= 0.3 is 0 Å². The van der Waals surface area contributed by atoms with Gasteiger partial charge in [0, 0.05) is 12.1 Å². The summed E-state index contributed by atoms with van der Waals surface area (Å²) in [5, 5.41) is 3.73. The Morgan fingerprint density at radius 2 is 2.05 bits per heavy atom. The Labute approximate surface area is 129 Å². The van der Waals surface area contributed by atoms with Crippen molar-refractivity contribution in [2.45, 2.75) is 26.8 Å². The van der Waals surface area contributed by atoms with E-state index in [1.807, 2.05) is 19.1 Å². The summed E-state index contributed by atoms with van der Waals surface area (Å²) in [4.78, 5) is 0. The van der Waals surface area contributed by atoms with Crippen LogP contribution in [0.2, 0.25) is 5.02 Å². The molecule has 0 aliphatic rings. The fourth-order valence-electron chi connectivity index (χ4n) is 2.01. The lowest BCUT2D eigenvalue weighted by molar-refractivity contribution is 0.433. The lowest BCUT2D eigenvalue weighted by Crippen LogP contribution is -2.14. The van der Waals surface area contributed by atoms with Gasteiger partial charge in [-0.05, 0) is 43.7 Å². The maximum absolute atomic E-state index is 14.1. The smallest absolute Gasteiger partial charge is 0.167 e. The third-order valence-corrected chi connectivity index (χ3v) is 3.39. The lowest BCUT2D eigenvalue weighted by atomic mass is 10.2. The van der Waals surface area contributed by atoms with Crippen LogP contribution in [0.25, 0.3) is 0 Å². The Morgan fingerprint density at radius 3 is 2.76 bits per heavy atom. The van der Waals surface area contributed by atoms with Crippen LogP contribution in [0.3, 0.4) is 0 Å². The molecule has 0 fully saturated rings. The van der Waals surface area contributed by atoms with Gasteiger partial charge in [0.05, 0.1) is 5.02 Å². The molecule has 0 spiro atoms. The van der Waals surface area contributed by atoms with Crippen LogP contribution in [0.4, 0.5) is 4.39 Å². The second-order valence-corrected chi connectivity index (χ2v) is 5.35. The average Bonchev–Trinajstić information content (AvgIpc) is 2.45. The summed E-state index contributed by atoms with van der Waals surface area (Å²) in [6.45, 7) is 5.46. The Morgan fingerprint density at radius 1 is 1.24 bits per heavy atom. The van der Waals surface area contributed by atoms with E-state index in [0.29, 0.717) is 17.3 Å². The molecule has 0 aliphatic carbocycles. The number of aryl methyl sites for hydroxylation is 1. The van der Waals surface area contributed by atoms with Crippen molar-refractivity contribution in [1.29, 1.82) is 0 Å². The zero-order chi connectivity index (χ0) is 15.2. The van der Waals surface area contributed by atoms with Gasteiger partial charge in [-0.25, -0.2) is 4.39 Å². The molecule has 0 unspecified atom stereocenters. The van der Waals surface area contributed by atoms with Gasteiger partial charge in [-0.3, -0.25) is 0 Å². The topological polar surface area (TPSA) is 21.3 Å². The maximum atomic E-state index is 14.1. The molecule has 2 aromatic carbocycles. The summed E-state index contributed by atoms with van der Waals surface area (Å²) in [6, 6.07) is 10.4. The molecule has 0 saturated heterocycles. The molecule has 0 bridgehead atoms. The number of rotatable bonds is 6. The first kappa shape index (κ1) is 15.8. The van der Waals surface area contributed by atoms with E-state index < -0.39 is 0 Å². The monoisotopic (exact) mass is 307 g/mol. The SMILES string of the molecule is CCCNCc1cccc(F)c1Oc1ccc(C)cc1Cl. The van der Waals surface area contributed by atoms with Crippen LogP contribution >= 0.6 is 11.6 Å². The van der Waals surface area contributed by atoms with Gasteiger partial charge in [-0.2, -0.15) is 0 Å². The molecular formula is C17H19ClFNO. The highest BCUT2D eigenvalue weighted by Crippen LogP contribution is 2.33. The van der Waals surface area contributed by atoms with Crippen LogP contribution in [-0.4, -0.2) is 6.54 Å². The molecule has 1 N–H and O–H groups in total. The van der Waals surface area contributed by atoms with E-state index in [1.54, 1.807) is 18.2 Å². The number of para-hydroxylation sites is 1. The maximum Gasteiger partial charge on any atom is 0.167 e. The quantitative estimate of drug-likeness (QED) is 0.751.